The van der Waals surface area contributed by atoms with E-state index in [1.54, 1.807) is 0 Å². The minimum atomic E-state index is -7.91. The third kappa shape index (κ3) is 12.9. The molecule has 0 N–H and O–H groups in total. The molecule has 1 heterocycles. The SMILES string of the molecule is FC(F)(F)COC([SiH3])C(OCC(F)(F)F)(OCC(F)(F)F)C1(F)OC(C(F)(F)F)(C(F)(F)F)OC1(F)C(OCC(F)(F)F)(OCC(F)(F)F)C([SiH3])OCC(F)(F)F. The fourth-order valence-corrected chi connectivity index (χ4v) is 6.13. The predicted octanol–water partition coefficient (Wildman–Crippen LogP) is 5.43. The van der Waals surface area contributed by atoms with Gasteiger partial charge in [0, 0.05) is 20.5 Å². The number of alkyl halides is 26. The van der Waals surface area contributed by atoms with Gasteiger partial charge < -0.3 is 28.4 Å². The third-order valence-electron chi connectivity index (χ3n) is 6.49. The molecule has 1 fully saturated rings. The van der Waals surface area contributed by atoms with Crippen LogP contribution in [0.5, 0.6) is 0 Å². The quantitative estimate of drug-likeness (QED) is 0.115. The Morgan fingerprint density at radius 1 is 0.368 bits per heavy atom. The molecule has 1 saturated heterocycles. The minimum Gasteiger partial charge on any atom is -0.367 e. The van der Waals surface area contributed by atoms with E-state index in [0.717, 1.165) is 0 Å². The Labute approximate surface area is 303 Å². The van der Waals surface area contributed by atoms with Crippen LogP contribution in [-0.4, -0.2) is 150 Å². The Hall–Kier alpha value is -1.71. The highest BCUT2D eigenvalue weighted by Crippen LogP contribution is 2.67. The zero-order valence-corrected chi connectivity index (χ0v) is 31.0. The number of ether oxygens (including phenoxy) is 8. The first-order chi connectivity index (χ1) is 24.7. The summed E-state index contributed by atoms with van der Waals surface area (Å²) in [7, 11) is -4.31. The normalized spacial score (nSPS) is 23.7. The lowest BCUT2D eigenvalue weighted by atomic mass is 9.91. The van der Waals surface area contributed by atoms with Gasteiger partial charge in [-0.3, -0.25) is 9.47 Å². The lowest BCUT2D eigenvalue weighted by molar-refractivity contribution is -0.484. The van der Waals surface area contributed by atoms with E-state index < -0.39 is 150 Å². The van der Waals surface area contributed by atoms with Gasteiger partial charge in [-0.15, -0.1) is 0 Å². The van der Waals surface area contributed by atoms with Crippen LogP contribution in [0.1, 0.15) is 0 Å². The minimum absolute atomic E-state index is 2.15. The summed E-state index contributed by atoms with van der Waals surface area (Å²) in [5.74, 6) is -34.9. The van der Waals surface area contributed by atoms with E-state index in [1.165, 1.54) is 0 Å². The van der Waals surface area contributed by atoms with Gasteiger partial charge in [-0.2, -0.15) is 114 Å². The smallest absolute Gasteiger partial charge is 0.367 e. The van der Waals surface area contributed by atoms with Crippen molar-refractivity contribution in [2.75, 3.05) is 39.6 Å². The summed E-state index contributed by atoms with van der Waals surface area (Å²) in [6, 6.07) is 0. The van der Waals surface area contributed by atoms with E-state index in [-0.39, 0.29) is 0 Å². The topological polar surface area (TPSA) is 73.8 Å². The number of halogens is 26. The van der Waals surface area contributed by atoms with E-state index in [0.29, 0.717) is 0 Å². The Kier molecular flexibility index (Phi) is 15.6. The van der Waals surface area contributed by atoms with Crippen molar-refractivity contribution >= 4 is 20.5 Å². The largest absolute Gasteiger partial charge is 0.453 e. The molecule has 8 nitrogen and oxygen atoms in total. The molecule has 4 atom stereocenters. The van der Waals surface area contributed by atoms with E-state index >= 15 is 8.78 Å². The molecular formula is C21H20F26O8Si2. The van der Waals surface area contributed by atoms with Gasteiger partial charge in [0.05, 0.1) is 11.5 Å². The standard InChI is InChI=1S/C21H20F26O8Si2/c22-9(23,24)1-48-7(56)15(50-3-11(28,29)30,51-4-12(31,32)33)17(40)18(41,55-19(54-17,20(42,43)44)21(45,46)47)16(52-5-13(34,35)36,53-6-14(37,38)39)8(57)49-2-10(25,26)27/h7-8H,1-6H2,56-57H3. The first kappa shape index (κ1) is 53.3. The van der Waals surface area contributed by atoms with Crippen LogP contribution in [0, 0.1) is 0 Å². The number of rotatable bonds is 16. The van der Waals surface area contributed by atoms with Crippen molar-refractivity contribution in [2.24, 2.45) is 0 Å². The molecule has 1 rings (SSSR count). The lowest BCUT2D eigenvalue weighted by Gasteiger charge is -2.53. The zero-order chi connectivity index (χ0) is 45.6. The predicted molar refractivity (Wildman–Crippen MR) is 130 cm³/mol. The van der Waals surface area contributed by atoms with Crippen LogP contribution in [0.15, 0.2) is 0 Å². The van der Waals surface area contributed by atoms with Gasteiger partial charge >= 0.3 is 66.9 Å². The Morgan fingerprint density at radius 3 is 0.719 bits per heavy atom. The van der Waals surface area contributed by atoms with E-state index in [2.05, 4.69) is 37.9 Å². The monoisotopic (exact) mass is 950 g/mol. The highest BCUT2D eigenvalue weighted by atomic mass is 28.1. The average Bonchev–Trinajstić information content (AvgIpc) is 3.22. The summed E-state index contributed by atoms with van der Waals surface area (Å²) >= 11 is 0. The van der Waals surface area contributed by atoms with Crippen molar-refractivity contribution in [3.8, 4) is 0 Å². The molecule has 0 radical (unpaired) electrons. The van der Waals surface area contributed by atoms with Crippen LogP contribution >= 0.6 is 0 Å². The molecule has 36 heteroatoms. The molecule has 0 aromatic heterocycles. The van der Waals surface area contributed by atoms with Crippen LogP contribution < -0.4 is 0 Å². The van der Waals surface area contributed by atoms with Crippen LogP contribution in [0.25, 0.3) is 0 Å². The van der Waals surface area contributed by atoms with Crippen LogP contribution in [0.3, 0.4) is 0 Å². The van der Waals surface area contributed by atoms with Gasteiger partial charge in [-0.25, -0.2) is 0 Å². The van der Waals surface area contributed by atoms with Crippen molar-refractivity contribution in [1.82, 2.24) is 0 Å². The Balaban J connectivity index is 4.93. The molecule has 0 aliphatic carbocycles. The highest BCUT2D eigenvalue weighted by Gasteiger charge is 2.96. The average molecular weight is 951 g/mol. The van der Waals surface area contributed by atoms with Crippen molar-refractivity contribution < 1.29 is 152 Å². The lowest BCUT2D eigenvalue weighted by Crippen LogP contribution is -2.79. The van der Waals surface area contributed by atoms with E-state index in [1.807, 2.05) is 0 Å². The van der Waals surface area contributed by atoms with Gasteiger partial charge in [-0.1, -0.05) is 0 Å². The molecule has 0 aromatic rings. The van der Waals surface area contributed by atoms with Crippen LogP contribution in [0.4, 0.5) is 114 Å². The maximum absolute atomic E-state index is 17.8. The second-order valence-electron chi connectivity index (χ2n) is 11.1. The fraction of sp³-hybridized carbons (Fsp3) is 1.00. The summed E-state index contributed by atoms with van der Waals surface area (Å²) in [5.41, 5.74) is -8.40. The molecule has 0 amide bonds. The first-order valence-corrected chi connectivity index (χ1v) is 16.2. The first-order valence-electron chi connectivity index (χ1n) is 13.9. The molecule has 0 aromatic carbocycles. The fourth-order valence-electron chi connectivity index (χ4n) is 4.39. The summed E-state index contributed by atoms with van der Waals surface area (Å²) in [6.45, 7) is -21.4. The third-order valence-corrected chi connectivity index (χ3v) is 8.68. The zero-order valence-electron chi connectivity index (χ0n) is 27.0. The summed E-state index contributed by atoms with van der Waals surface area (Å²) in [6.07, 6.45) is -53.3. The van der Waals surface area contributed by atoms with Crippen molar-refractivity contribution in [1.29, 1.82) is 0 Å². The molecule has 4 unspecified atom stereocenters. The maximum Gasteiger partial charge on any atom is 0.453 e. The van der Waals surface area contributed by atoms with Gasteiger partial charge in [0.2, 0.25) is 0 Å². The molecule has 0 saturated carbocycles. The Morgan fingerprint density at radius 2 is 0.561 bits per heavy atom. The molecule has 57 heavy (non-hydrogen) atoms. The van der Waals surface area contributed by atoms with Crippen LogP contribution in [0.2, 0.25) is 0 Å². The number of hydrogen-bond donors (Lipinski definition) is 0. The van der Waals surface area contributed by atoms with Gasteiger partial charge in [0.25, 0.3) is 11.6 Å². The van der Waals surface area contributed by atoms with Crippen molar-refractivity contribution in [3.05, 3.63) is 0 Å². The molecule has 1 aliphatic heterocycles. The van der Waals surface area contributed by atoms with Gasteiger partial charge in [-0.05, 0) is 0 Å². The number of hydrogen-bond acceptors (Lipinski definition) is 8. The van der Waals surface area contributed by atoms with Crippen molar-refractivity contribution in [3.63, 3.8) is 0 Å². The Bertz CT molecular complexity index is 1170. The highest BCUT2D eigenvalue weighted by molar-refractivity contribution is 6.12. The molecular weight excluding hydrogens is 930 g/mol. The summed E-state index contributed by atoms with van der Waals surface area (Å²) in [4.78, 5) is 0. The maximum atomic E-state index is 17.8. The van der Waals surface area contributed by atoms with E-state index in [9.17, 15) is 105 Å². The molecule has 0 bridgehead atoms. The second-order valence-corrected chi connectivity index (χ2v) is 13.2. The van der Waals surface area contributed by atoms with Crippen LogP contribution in [-0.2, 0) is 37.9 Å². The van der Waals surface area contributed by atoms with Crippen molar-refractivity contribution in [2.45, 2.75) is 89.9 Å². The van der Waals surface area contributed by atoms with Gasteiger partial charge in [0.1, 0.15) is 39.6 Å². The molecule has 0 spiro atoms. The van der Waals surface area contributed by atoms with Gasteiger partial charge in [0.15, 0.2) is 0 Å². The van der Waals surface area contributed by atoms with E-state index in [4.69, 9.17) is 0 Å². The summed E-state index contributed by atoms with van der Waals surface area (Å²) in [5, 5.41) is 0. The molecule has 342 valence electrons. The second kappa shape index (κ2) is 16.6. The molecule has 1 aliphatic rings. The summed E-state index contributed by atoms with van der Waals surface area (Å²) < 4.78 is 389.